The molecule has 0 unspecified atom stereocenters. The van der Waals surface area contributed by atoms with Crippen LogP contribution in [0.5, 0.6) is 0 Å². The van der Waals surface area contributed by atoms with Gasteiger partial charge in [0.15, 0.2) is 0 Å². The number of aromatic nitrogens is 2. The first-order chi connectivity index (χ1) is 8.63. The molecule has 2 N–H and O–H groups in total. The van der Waals surface area contributed by atoms with Gasteiger partial charge in [-0.3, -0.25) is 0 Å². The number of aryl methyl sites for hydroxylation is 1. The standard InChI is InChI=1S/C15H21N3/c1-11(2)15-10-13(8-9-16)17-18(15)14-7-5-4-6-12(14)3/h4-7,10-11H,8-9,16H2,1-3H3. The van der Waals surface area contributed by atoms with Crippen LogP contribution in [0.2, 0.25) is 0 Å². The molecule has 3 heteroatoms. The molecule has 0 saturated carbocycles. The summed E-state index contributed by atoms with van der Waals surface area (Å²) in [7, 11) is 0. The molecule has 18 heavy (non-hydrogen) atoms. The van der Waals surface area contributed by atoms with Gasteiger partial charge in [-0.2, -0.15) is 5.10 Å². The number of benzene rings is 1. The molecule has 0 fully saturated rings. The molecule has 0 aliphatic rings. The van der Waals surface area contributed by atoms with E-state index in [1.54, 1.807) is 0 Å². The highest BCUT2D eigenvalue weighted by Crippen LogP contribution is 2.22. The maximum absolute atomic E-state index is 5.62. The molecule has 0 atom stereocenters. The molecule has 96 valence electrons. The van der Waals surface area contributed by atoms with Crippen molar-refractivity contribution in [3.05, 3.63) is 47.3 Å². The normalized spacial score (nSPS) is 11.2. The highest BCUT2D eigenvalue weighted by atomic mass is 15.3. The van der Waals surface area contributed by atoms with Crippen molar-refractivity contribution in [1.29, 1.82) is 0 Å². The van der Waals surface area contributed by atoms with Gasteiger partial charge >= 0.3 is 0 Å². The summed E-state index contributed by atoms with van der Waals surface area (Å²) in [6.45, 7) is 7.14. The fourth-order valence-corrected chi connectivity index (χ4v) is 2.12. The van der Waals surface area contributed by atoms with Crippen molar-refractivity contribution >= 4 is 0 Å². The summed E-state index contributed by atoms with van der Waals surface area (Å²) in [5.74, 6) is 0.448. The average Bonchev–Trinajstić information content (AvgIpc) is 2.74. The van der Waals surface area contributed by atoms with Gasteiger partial charge in [-0.05, 0) is 37.1 Å². The maximum atomic E-state index is 5.62. The number of nitrogens with zero attached hydrogens (tertiary/aromatic N) is 2. The summed E-state index contributed by atoms with van der Waals surface area (Å²) < 4.78 is 2.06. The molecule has 1 heterocycles. The minimum atomic E-state index is 0.448. The van der Waals surface area contributed by atoms with Gasteiger partial charge in [0, 0.05) is 12.1 Å². The molecule has 1 aromatic carbocycles. The number of nitrogens with two attached hydrogens (primary N) is 1. The van der Waals surface area contributed by atoms with E-state index in [0.717, 1.165) is 17.8 Å². The second-order valence-corrected chi connectivity index (χ2v) is 4.95. The van der Waals surface area contributed by atoms with Gasteiger partial charge in [-0.25, -0.2) is 4.68 Å². The van der Waals surface area contributed by atoms with Crippen molar-refractivity contribution in [2.75, 3.05) is 6.54 Å². The number of hydrogen-bond acceptors (Lipinski definition) is 2. The molecule has 0 saturated heterocycles. The van der Waals surface area contributed by atoms with Crippen LogP contribution in [0, 0.1) is 6.92 Å². The summed E-state index contributed by atoms with van der Waals surface area (Å²) >= 11 is 0. The van der Waals surface area contributed by atoms with E-state index in [-0.39, 0.29) is 0 Å². The van der Waals surface area contributed by atoms with Gasteiger partial charge in [0.25, 0.3) is 0 Å². The topological polar surface area (TPSA) is 43.8 Å². The molecule has 1 aromatic heterocycles. The quantitative estimate of drug-likeness (QED) is 0.897. The number of hydrogen-bond donors (Lipinski definition) is 1. The largest absolute Gasteiger partial charge is 0.330 e. The molecule has 3 nitrogen and oxygen atoms in total. The summed E-state index contributed by atoms with van der Waals surface area (Å²) in [6, 6.07) is 10.5. The second-order valence-electron chi connectivity index (χ2n) is 4.95. The lowest BCUT2D eigenvalue weighted by molar-refractivity contribution is 0.723. The zero-order chi connectivity index (χ0) is 13.1. The lowest BCUT2D eigenvalue weighted by Gasteiger charge is -2.12. The number of para-hydroxylation sites is 1. The number of rotatable bonds is 4. The molecule has 2 rings (SSSR count). The molecule has 0 spiro atoms. The van der Waals surface area contributed by atoms with Crippen molar-refractivity contribution in [1.82, 2.24) is 9.78 Å². The molecule has 0 aliphatic carbocycles. The Morgan fingerprint density at radius 3 is 2.61 bits per heavy atom. The summed E-state index contributed by atoms with van der Waals surface area (Å²) in [4.78, 5) is 0. The minimum absolute atomic E-state index is 0.448. The monoisotopic (exact) mass is 243 g/mol. The Bertz CT molecular complexity index is 526. The predicted octanol–water partition coefficient (Wildman–Crippen LogP) is 2.81. The SMILES string of the molecule is Cc1ccccc1-n1nc(CCN)cc1C(C)C. The lowest BCUT2D eigenvalue weighted by Crippen LogP contribution is -2.06. The molecule has 0 aliphatic heterocycles. The van der Waals surface area contributed by atoms with Crippen LogP contribution < -0.4 is 5.73 Å². The van der Waals surface area contributed by atoms with E-state index in [9.17, 15) is 0 Å². The van der Waals surface area contributed by atoms with Crippen LogP contribution in [-0.2, 0) is 6.42 Å². The lowest BCUT2D eigenvalue weighted by atomic mass is 10.1. The highest BCUT2D eigenvalue weighted by Gasteiger charge is 2.13. The zero-order valence-corrected chi connectivity index (χ0v) is 11.4. The molecular formula is C15H21N3. The Hall–Kier alpha value is -1.61. The minimum Gasteiger partial charge on any atom is -0.330 e. The van der Waals surface area contributed by atoms with E-state index in [1.165, 1.54) is 11.3 Å². The van der Waals surface area contributed by atoms with E-state index in [4.69, 9.17) is 5.73 Å². The fraction of sp³-hybridized carbons (Fsp3) is 0.400. The van der Waals surface area contributed by atoms with E-state index >= 15 is 0 Å². The second kappa shape index (κ2) is 5.36. The Morgan fingerprint density at radius 1 is 1.28 bits per heavy atom. The van der Waals surface area contributed by atoms with Crippen molar-refractivity contribution in [3.63, 3.8) is 0 Å². The van der Waals surface area contributed by atoms with Crippen molar-refractivity contribution in [3.8, 4) is 5.69 Å². The Labute approximate surface area is 109 Å². The van der Waals surface area contributed by atoms with Crippen LogP contribution in [0.1, 0.15) is 36.7 Å². The van der Waals surface area contributed by atoms with Crippen molar-refractivity contribution in [2.24, 2.45) is 5.73 Å². The van der Waals surface area contributed by atoms with Gasteiger partial charge in [0.2, 0.25) is 0 Å². The van der Waals surface area contributed by atoms with E-state index in [2.05, 4.69) is 60.9 Å². The van der Waals surface area contributed by atoms with E-state index < -0.39 is 0 Å². The first-order valence-electron chi connectivity index (χ1n) is 6.48. The van der Waals surface area contributed by atoms with Gasteiger partial charge in [0.1, 0.15) is 0 Å². The molecular weight excluding hydrogens is 222 g/mol. The van der Waals surface area contributed by atoms with Gasteiger partial charge in [-0.1, -0.05) is 32.0 Å². The van der Waals surface area contributed by atoms with Crippen LogP contribution in [-0.4, -0.2) is 16.3 Å². The molecule has 0 bridgehead atoms. The first kappa shape index (κ1) is 12.8. The average molecular weight is 243 g/mol. The van der Waals surface area contributed by atoms with Gasteiger partial charge < -0.3 is 5.73 Å². The highest BCUT2D eigenvalue weighted by molar-refractivity contribution is 5.41. The molecule has 2 aromatic rings. The van der Waals surface area contributed by atoms with Gasteiger partial charge in [0.05, 0.1) is 11.4 Å². The van der Waals surface area contributed by atoms with Crippen LogP contribution >= 0.6 is 0 Å². The Kier molecular flexibility index (Phi) is 3.82. The third-order valence-electron chi connectivity index (χ3n) is 3.12. The maximum Gasteiger partial charge on any atom is 0.0678 e. The van der Waals surface area contributed by atoms with Crippen LogP contribution in [0.25, 0.3) is 5.69 Å². The Morgan fingerprint density at radius 2 is 2.00 bits per heavy atom. The van der Waals surface area contributed by atoms with E-state index in [0.29, 0.717) is 12.5 Å². The van der Waals surface area contributed by atoms with Gasteiger partial charge in [-0.15, -0.1) is 0 Å². The summed E-state index contributed by atoms with van der Waals surface area (Å²) in [5, 5.41) is 4.69. The smallest absolute Gasteiger partial charge is 0.0678 e. The predicted molar refractivity (Wildman–Crippen MR) is 75.1 cm³/mol. The Balaban J connectivity index is 2.52. The van der Waals surface area contributed by atoms with Crippen molar-refractivity contribution in [2.45, 2.75) is 33.1 Å². The third kappa shape index (κ3) is 2.46. The summed E-state index contributed by atoms with van der Waals surface area (Å²) in [6.07, 6.45) is 0.832. The molecule has 0 radical (unpaired) electrons. The third-order valence-corrected chi connectivity index (χ3v) is 3.12. The van der Waals surface area contributed by atoms with E-state index in [1.807, 2.05) is 0 Å². The molecule has 0 amide bonds. The van der Waals surface area contributed by atoms with Crippen LogP contribution in [0.3, 0.4) is 0 Å². The van der Waals surface area contributed by atoms with Crippen LogP contribution in [0.4, 0.5) is 0 Å². The van der Waals surface area contributed by atoms with Crippen molar-refractivity contribution < 1.29 is 0 Å². The van der Waals surface area contributed by atoms with Crippen LogP contribution in [0.15, 0.2) is 30.3 Å². The fourth-order valence-electron chi connectivity index (χ4n) is 2.12. The zero-order valence-electron chi connectivity index (χ0n) is 11.4. The summed E-state index contributed by atoms with van der Waals surface area (Å²) in [5.41, 5.74) is 10.3. The first-order valence-corrected chi connectivity index (χ1v) is 6.48.